The molecule has 1 heterocycles. The van der Waals surface area contributed by atoms with Gasteiger partial charge in [0.05, 0.1) is 0 Å². The third-order valence-electron chi connectivity index (χ3n) is 3.79. The largest absolute Gasteiger partial charge is 0.381 e. The molecule has 1 aromatic rings. The van der Waals surface area contributed by atoms with Crippen molar-refractivity contribution in [1.82, 2.24) is 15.3 Å². The minimum atomic E-state index is -0.769. The number of unbranched alkanes of at least 4 members (excludes halogenated alkanes) is 1. The minimum absolute atomic E-state index is 0.0449. The van der Waals surface area contributed by atoms with Crippen molar-refractivity contribution in [1.29, 1.82) is 0 Å². The molecule has 1 unspecified atom stereocenters. The van der Waals surface area contributed by atoms with Gasteiger partial charge in [-0.3, -0.25) is 9.59 Å². The fraction of sp³-hybridized carbons (Fsp3) is 0.647. The van der Waals surface area contributed by atoms with Crippen LogP contribution in [0.15, 0.2) is 12.4 Å². The zero-order chi connectivity index (χ0) is 17.8. The lowest BCUT2D eigenvalue weighted by atomic mass is 10.0. The smallest absolute Gasteiger partial charge is 0.272 e. The summed E-state index contributed by atoms with van der Waals surface area (Å²) < 4.78 is 5.68. The topological polar surface area (TPSA) is 107 Å². The first-order valence-electron chi connectivity index (χ1n) is 8.56. The molecule has 7 nitrogen and oxygen atoms in total. The summed E-state index contributed by atoms with van der Waals surface area (Å²) in [5.41, 5.74) is 5.02. The van der Waals surface area contributed by atoms with Crippen LogP contribution in [0, 0.1) is 5.92 Å². The number of hydrogen-bond donors (Lipinski definition) is 2. The van der Waals surface area contributed by atoms with Crippen molar-refractivity contribution in [3.63, 3.8) is 0 Å². The van der Waals surface area contributed by atoms with Gasteiger partial charge in [-0.15, -0.1) is 0 Å². The van der Waals surface area contributed by atoms with Crippen LogP contribution < -0.4 is 11.1 Å². The predicted octanol–water partition coefficient (Wildman–Crippen LogP) is 1.93. The molecular formula is C17H28N4O3. The Morgan fingerprint density at radius 2 is 1.92 bits per heavy atom. The van der Waals surface area contributed by atoms with Gasteiger partial charge in [0.2, 0.25) is 0 Å². The third kappa shape index (κ3) is 7.04. The minimum Gasteiger partial charge on any atom is -0.381 e. The number of primary amides is 1. The summed E-state index contributed by atoms with van der Waals surface area (Å²) in [6.07, 6.45) is 8.14. The quantitative estimate of drug-likeness (QED) is 0.567. The van der Waals surface area contributed by atoms with Crippen molar-refractivity contribution in [2.75, 3.05) is 19.8 Å². The molecule has 0 bridgehead atoms. The lowest BCUT2D eigenvalue weighted by Gasteiger charge is -2.14. The number of nitrogens with one attached hydrogen (secondary N) is 1. The molecule has 2 amide bonds. The Morgan fingerprint density at radius 1 is 1.21 bits per heavy atom. The zero-order valence-electron chi connectivity index (χ0n) is 14.6. The average Bonchev–Trinajstić information content (AvgIpc) is 2.60. The van der Waals surface area contributed by atoms with Gasteiger partial charge >= 0.3 is 0 Å². The maximum absolute atomic E-state index is 12.0. The Balaban J connectivity index is 2.26. The summed E-state index contributed by atoms with van der Waals surface area (Å²) in [5, 5.41) is 2.70. The SMILES string of the molecule is CCCCC(CC)COCCCNC(=O)c1nccnc1C(N)=O. The summed E-state index contributed by atoms with van der Waals surface area (Å²) in [5.74, 6) is -0.613. The normalized spacial score (nSPS) is 11.9. The van der Waals surface area contributed by atoms with E-state index in [2.05, 4.69) is 29.1 Å². The van der Waals surface area contributed by atoms with E-state index in [4.69, 9.17) is 10.5 Å². The highest BCUT2D eigenvalue weighted by Crippen LogP contribution is 2.12. The van der Waals surface area contributed by atoms with E-state index < -0.39 is 11.8 Å². The van der Waals surface area contributed by atoms with E-state index in [-0.39, 0.29) is 11.4 Å². The van der Waals surface area contributed by atoms with Crippen LogP contribution in [0.2, 0.25) is 0 Å². The highest BCUT2D eigenvalue weighted by Gasteiger charge is 2.17. The highest BCUT2D eigenvalue weighted by molar-refractivity contribution is 6.03. The standard InChI is InChI=1S/C17H28N4O3/c1-3-5-7-13(4-2)12-24-11-6-8-21-17(23)15-14(16(18)22)19-9-10-20-15/h9-10,13H,3-8,11-12H2,1-2H3,(H2,18,22)(H,21,23). The number of nitrogens with two attached hydrogens (primary N) is 1. The van der Waals surface area contributed by atoms with Crippen LogP contribution in [0.25, 0.3) is 0 Å². The van der Waals surface area contributed by atoms with Crippen LogP contribution in [0.5, 0.6) is 0 Å². The molecule has 0 aromatic carbocycles. The van der Waals surface area contributed by atoms with Crippen molar-refractivity contribution in [3.8, 4) is 0 Å². The third-order valence-corrected chi connectivity index (χ3v) is 3.79. The molecule has 0 radical (unpaired) electrons. The summed E-state index contributed by atoms with van der Waals surface area (Å²) in [7, 11) is 0. The molecule has 7 heteroatoms. The monoisotopic (exact) mass is 336 g/mol. The molecule has 0 saturated carbocycles. The number of carbonyl (C=O) groups excluding carboxylic acids is 2. The molecule has 134 valence electrons. The summed E-state index contributed by atoms with van der Waals surface area (Å²) in [6.45, 7) is 6.17. The van der Waals surface area contributed by atoms with Crippen LogP contribution in [0.1, 0.15) is 66.9 Å². The lowest BCUT2D eigenvalue weighted by Crippen LogP contribution is -2.30. The first-order chi connectivity index (χ1) is 11.6. The van der Waals surface area contributed by atoms with Crippen molar-refractivity contribution in [2.24, 2.45) is 11.7 Å². The number of nitrogens with zero attached hydrogens (tertiary/aromatic N) is 2. The molecule has 1 aromatic heterocycles. The molecule has 0 saturated heterocycles. The van der Waals surface area contributed by atoms with Crippen LogP contribution in [-0.4, -0.2) is 41.5 Å². The lowest BCUT2D eigenvalue weighted by molar-refractivity contribution is 0.0867. The molecule has 0 spiro atoms. The first-order valence-corrected chi connectivity index (χ1v) is 8.56. The molecule has 0 aliphatic carbocycles. The van der Waals surface area contributed by atoms with Gasteiger partial charge in [-0.25, -0.2) is 9.97 Å². The fourth-order valence-corrected chi connectivity index (χ4v) is 2.29. The predicted molar refractivity (Wildman–Crippen MR) is 91.6 cm³/mol. The molecule has 0 fully saturated rings. The number of hydrogen-bond acceptors (Lipinski definition) is 5. The Kier molecular flexibility index (Phi) is 9.60. The Bertz CT molecular complexity index is 522. The second-order valence-electron chi connectivity index (χ2n) is 5.72. The van der Waals surface area contributed by atoms with E-state index in [1.165, 1.54) is 31.7 Å². The van der Waals surface area contributed by atoms with E-state index in [1.807, 2.05) is 0 Å². The number of ether oxygens (including phenoxy) is 1. The number of carbonyl (C=O) groups is 2. The molecule has 1 rings (SSSR count). The van der Waals surface area contributed by atoms with E-state index in [1.54, 1.807) is 0 Å². The van der Waals surface area contributed by atoms with Crippen LogP contribution >= 0.6 is 0 Å². The molecule has 1 atom stereocenters. The average molecular weight is 336 g/mol. The zero-order valence-corrected chi connectivity index (χ0v) is 14.6. The van der Waals surface area contributed by atoms with Gasteiger partial charge in [0, 0.05) is 32.2 Å². The molecule has 24 heavy (non-hydrogen) atoms. The first kappa shape index (κ1) is 20.0. The maximum Gasteiger partial charge on any atom is 0.272 e. The van der Waals surface area contributed by atoms with E-state index in [0.29, 0.717) is 25.5 Å². The highest BCUT2D eigenvalue weighted by atomic mass is 16.5. The Morgan fingerprint density at radius 3 is 2.54 bits per heavy atom. The van der Waals surface area contributed by atoms with Gasteiger partial charge in [0.1, 0.15) is 0 Å². The molecule has 0 aliphatic heterocycles. The van der Waals surface area contributed by atoms with E-state index in [9.17, 15) is 9.59 Å². The molecular weight excluding hydrogens is 308 g/mol. The van der Waals surface area contributed by atoms with Gasteiger partial charge in [0.15, 0.2) is 11.4 Å². The van der Waals surface area contributed by atoms with Gasteiger partial charge in [-0.05, 0) is 18.8 Å². The summed E-state index contributed by atoms with van der Waals surface area (Å²) in [4.78, 5) is 30.9. The van der Waals surface area contributed by atoms with Gasteiger partial charge in [-0.2, -0.15) is 0 Å². The second kappa shape index (κ2) is 11.5. The van der Waals surface area contributed by atoms with E-state index in [0.717, 1.165) is 13.0 Å². The molecule has 0 aliphatic rings. The fourth-order valence-electron chi connectivity index (χ4n) is 2.29. The van der Waals surface area contributed by atoms with Crippen molar-refractivity contribution in [3.05, 3.63) is 23.8 Å². The maximum atomic E-state index is 12.0. The summed E-state index contributed by atoms with van der Waals surface area (Å²) in [6, 6.07) is 0. The van der Waals surface area contributed by atoms with Crippen LogP contribution in [0.4, 0.5) is 0 Å². The number of rotatable bonds is 12. The van der Waals surface area contributed by atoms with Crippen LogP contribution in [0.3, 0.4) is 0 Å². The van der Waals surface area contributed by atoms with E-state index >= 15 is 0 Å². The van der Waals surface area contributed by atoms with Crippen LogP contribution in [-0.2, 0) is 4.74 Å². The van der Waals surface area contributed by atoms with Gasteiger partial charge in [-0.1, -0.05) is 33.1 Å². The Labute approximate surface area is 143 Å². The second-order valence-corrected chi connectivity index (χ2v) is 5.72. The number of amides is 2. The van der Waals surface area contributed by atoms with Crippen molar-refractivity contribution >= 4 is 11.8 Å². The van der Waals surface area contributed by atoms with Gasteiger partial charge in [0.25, 0.3) is 11.8 Å². The Hall–Kier alpha value is -2.02. The van der Waals surface area contributed by atoms with Crippen molar-refractivity contribution < 1.29 is 14.3 Å². The molecule has 3 N–H and O–H groups in total. The summed E-state index contributed by atoms with van der Waals surface area (Å²) >= 11 is 0. The number of aromatic nitrogens is 2. The van der Waals surface area contributed by atoms with Crippen molar-refractivity contribution in [2.45, 2.75) is 46.0 Å². The van der Waals surface area contributed by atoms with Gasteiger partial charge < -0.3 is 15.8 Å².